The highest BCUT2D eigenvalue weighted by molar-refractivity contribution is 7.18. The Bertz CT molecular complexity index is 1150. The van der Waals surface area contributed by atoms with E-state index in [4.69, 9.17) is 4.74 Å². The first-order chi connectivity index (χ1) is 15.0. The van der Waals surface area contributed by atoms with Crippen LogP contribution in [0.2, 0.25) is 0 Å². The second-order valence-corrected chi connectivity index (χ2v) is 9.53. The van der Waals surface area contributed by atoms with Crippen LogP contribution in [0, 0.1) is 0 Å². The van der Waals surface area contributed by atoms with Crippen molar-refractivity contribution in [3.8, 4) is 5.75 Å². The van der Waals surface area contributed by atoms with E-state index in [-0.39, 0.29) is 5.56 Å². The van der Waals surface area contributed by atoms with Gasteiger partial charge in [0.05, 0.1) is 18.8 Å². The monoisotopic (exact) mass is 437 g/mol. The number of thiophene rings is 1. The van der Waals surface area contributed by atoms with Gasteiger partial charge < -0.3 is 4.74 Å². The van der Waals surface area contributed by atoms with Gasteiger partial charge in [-0.1, -0.05) is 31.2 Å². The minimum atomic E-state index is 0.0955. The molecule has 0 bridgehead atoms. The maximum atomic E-state index is 13.3. The molecule has 0 N–H and O–H groups in total. The molecule has 2 heterocycles. The first-order valence-corrected chi connectivity index (χ1v) is 11.8. The average Bonchev–Trinajstić information content (AvgIpc) is 3.15. The Morgan fingerprint density at radius 2 is 2.26 bits per heavy atom. The first kappa shape index (κ1) is 21.8. The van der Waals surface area contributed by atoms with Crippen LogP contribution >= 0.6 is 11.3 Å². The number of fused-ring (bicyclic) bond motifs is 3. The van der Waals surface area contributed by atoms with Gasteiger partial charge in [0, 0.05) is 24.0 Å². The van der Waals surface area contributed by atoms with Crippen LogP contribution in [0.1, 0.15) is 36.3 Å². The number of hydrogen-bond acceptors (Lipinski definition) is 5. The Labute approximate surface area is 188 Å². The highest BCUT2D eigenvalue weighted by Gasteiger charge is 2.28. The van der Waals surface area contributed by atoms with Crippen LogP contribution in [0.5, 0.6) is 5.75 Å². The lowest BCUT2D eigenvalue weighted by molar-refractivity contribution is 0.206. The van der Waals surface area contributed by atoms with E-state index >= 15 is 0 Å². The highest BCUT2D eigenvalue weighted by atomic mass is 32.1. The maximum Gasteiger partial charge on any atom is 0.262 e. The summed E-state index contributed by atoms with van der Waals surface area (Å²) in [7, 11) is 1.67. The molecule has 1 aliphatic carbocycles. The van der Waals surface area contributed by atoms with E-state index in [1.807, 2.05) is 18.2 Å². The minimum absolute atomic E-state index is 0.0955. The van der Waals surface area contributed by atoms with Gasteiger partial charge in [-0.25, -0.2) is 4.98 Å². The van der Waals surface area contributed by atoms with Crippen LogP contribution in [-0.2, 0) is 25.8 Å². The highest BCUT2D eigenvalue weighted by Crippen LogP contribution is 2.35. The lowest BCUT2D eigenvalue weighted by atomic mass is 9.92. The van der Waals surface area contributed by atoms with Gasteiger partial charge in [0.2, 0.25) is 0 Å². The van der Waals surface area contributed by atoms with Gasteiger partial charge in [0.25, 0.3) is 5.56 Å². The fraction of sp³-hybridized carbons (Fsp3) is 0.440. The molecule has 0 saturated heterocycles. The number of rotatable bonds is 8. The molecule has 0 amide bonds. The van der Waals surface area contributed by atoms with Crippen molar-refractivity contribution in [3.63, 3.8) is 0 Å². The molecule has 1 atom stereocenters. The van der Waals surface area contributed by atoms with E-state index in [9.17, 15) is 4.79 Å². The van der Waals surface area contributed by atoms with Crippen LogP contribution in [0.3, 0.4) is 0 Å². The van der Waals surface area contributed by atoms with Gasteiger partial charge in [-0.2, -0.15) is 0 Å². The first-order valence-electron chi connectivity index (χ1n) is 11.0. The number of likely N-dealkylation sites (N-methyl/N-ethyl adjacent to an activating group) is 1. The summed E-state index contributed by atoms with van der Waals surface area (Å²) in [5.41, 5.74) is 3.68. The molecule has 1 aliphatic rings. The Morgan fingerprint density at radius 1 is 1.42 bits per heavy atom. The van der Waals surface area contributed by atoms with Crippen LogP contribution in [0.25, 0.3) is 10.2 Å². The summed E-state index contributed by atoms with van der Waals surface area (Å²) < 4.78 is 7.07. The Hall–Kier alpha value is -2.44. The standard InChI is InChI=1S/C25H31N3O2S/c1-5-27(15-17(2)3)19-9-10-21-22(14-19)31-24-23(21)25(29)28(16-26-24)12-11-18-7-6-8-20(13-18)30-4/h6-8,13,16,19H,2,5,9-12,14-15H2,1,3-4H3. The zero-order valence-electron chi connectivity index (χ0n) is 18.7. The topological polar surface area (TPSA) is 47.4 Å². The SMILES string of the molecule is C=C(C)CN(CC)C1CCc2c(sc3ncn(CCc4cccc(OC)c4)c(=O)c23)C1. The second-order valence-electron chi connectivity index (χ2n) is 8.45. The van der Waals surface area contributed by atoms with Gasteiger partial charge in [-0.05, 0) is 62.4 Å². The molecule has 4 rings (SSSR count). The fourth-order valence-electron chi connectivity index (χ4n) is 4.58. The van der Waals surface area contributed by atoms with E-state index in [1.165, 1.54) is 16.0 Å². The van der Waals surface area contributed by atoms with Crippen molar-refractivity contribution in [1.29, 1.82) is 0 Å². The number of benzene rings is 1. The number of nitrogens with zero attached hydrogens (tertiary/aromatic N) is 3. The number of aryl methyl sites for hydroxylation is 3. The Kier molecular flexibility index (Phi) is 6.58. The van der Waals surface area contributed by atoms with E-state index in [0.717, 1.165) is 60.3 Å². The summed E-state index contributed by atoms with van der Waals surface area (Å²) in [5, 5.41) is 0.842. The molecular weight excluding hydrogens is 406 g/mol. The molecule has 1 unspecified atom stereocenters. The second kappa shape index (κ2) is 9.37. The summed E-state index contributed by atoms with van der Waals surface area (Å²) in [6.45, 7) is 11.0. The molecule has 3 aromatic rings. The minimum Gasteiger partial charge on any atom is -0.497 e. The fourth-order valence-corrected chi connectivity index (χ4v) is 5.83. The smallest absolute Gasteiger partial charge is 0.262 e. The molecule has 0 spiro atoms. The van der Waals surface area contributed by atoms with E-state index in [0.29, 0.717) is 12.6 Å². The molecule has 0 radical (unpaired) electrons. The number of methoxy groups -OCH3 is 1. The average molecular weight is 438 g/mol. The van der Waals surface area contributed by atoms with Crippen LogP contribution in [0.15, 0.2) is 47.5 Å². The Balaban J connectivity index is 1.57. The third-order valence-electron chi connectivity index (χ3n) is 6.18. The molecular formula is C25H31N3O2S. The van der Waals surface area contributed by atoms with Gasteiger partial charge in [-0.15, -0.1) is 11.3 Å². The zero-order chi connectivity index (χ0) is 22.0. The largest absolute Gasteiger partial charge is 0.497 e. The molecule has 5 nitrogen and oxygen atoms in total. The van der Waals surface area contributed by atoms with Gasteiger partial charge in [0.1, 0.15) is 10.6 Å². The molecule has 2 aromatic heterocycles. The van der Waals surface area contributed by atoms with Crippen molar-refractivity contribution in [3.05, 3.63) is 69.1 Å². The lowest BCUT2D eigenvalue weighted by Crippen LogP contribution is -2.39. The van der Waals surface area contributed by atoms with Gasteiger partial charge in [0.15, 0.2) is 0 Å². The molecule has 6 heteroatoms. The van der Waals surface area contributed by atoms with E-state index < -0.39 is 0 Å². The lowest BCUT2D eigenvalue weighted by Gasteiger charge is -2.33. The van der Waals surface area contributed by atoms with Crippen molar-refractivity contribution in [1.82, 2.24) is 14.5 Å². The number of aromatic nitrogens is 2. The predicted molar refractivity (Wildman–Crippen MR) is 128 cm³/mol. The number of hydrogen-bond donors (Lipinski definition) is 0. The van der Waals surface area contributed by atoms with Crippen molar-refractivity contribution in [2.24, 2.45) is 0 Å². The summed E-state index contributed by atoms with van der Waals surface area (Å²) in [4.78, 5) is 22.7. The van der Waals surface area contributed by atoms with Crippen molar-refractivity contribution >= 4 is 21.6 Å². The zero-order valence-corrected chi connectivity index (χ0v) is 19.5. The summed E-state index contributed by atoms with van der Waals surface area (Å²) in [6, 6.07) is 8.52. The van der Waals surface area contributed by atoms with Crippen LogP contribution in [0.4, 0.5) is 0 Å². The van der Waals surface area contributed by atoms with Crippen molar-refractivity contribution in [2.45, 2.75) is 52.1 Å². The molecule has 0 aliphatic heterocycles. The van der Waals surface area contributed by atoms with Gasteiger partial charge in [-0.3, -0.25) is 14.3 Å². The summed E-state index contributed by atoms with van der Waals surface area (Å²) in [5.74, 6) is 0.840. The third-order valence-corrected chi connectivity index (χ3v) is 7.34. The Morgan fingerprint density at radius 3 is 3.00 bits per heavy atom. The van der Waals surface area contributed by atoms with Crippen molar-refractivity contribution in [2.75, 3.05) is 20.2 Å². The quantitative estimate of drug-likeness (QED) is 0.488. The van der Waals surface area contributed by atoms with E-state index in [1.54, 1.807) is 29.3 Å². The maximum absolute atomic E-state index is 13.3. The normalized spacial score (nSPS) is 15.9. The molecule has 0 saturated carbocycles. The molecule has 1 aromatic carbocycles. The number of ether oxygens (including phenoxy) is 1. The van der Waals surface area contributed by atoms with Crippen molar-refractivity contribution < 1.29 is 4.74 Å². The predicted octanol–water partition coefficient (Wildman–Crippen LogP) is 4.46. The summed E-state index contributed by atoms with van der Waals surface area (Å²) >= 11 is 1.70. The molecule has 0 fully saturated rings. The van der Waals surface area contributed by atoms with Gasteiger partial charge >= 0.3 is 0 Å². The molecule has 31 heavy (non-hydrogen) atoms. The van der Waals surface area contributed by atoms with Crippen LogP contribution in [-0.4, -0.2) is 40.7 Å². The summed E-state index contributed by atoms with van der Waals surface area (Å²) in [6.07, 6.45) is 5.51. The van der Waals surface area contributed by atoms with E-state index in [2.05, 4.69) is 36.4 Å². The van der Waals surface area contributed by atoms with Crippen LogP contribution < -0.4 is 10.3 Å². The third kappa shape index (κ3) is 4.60. The molecule has 164 valence electrons.